The summed E-state index contributed by atoms with van der Waals surface area (Å²) in [6.07, 6.45) is 1.37. The van der Waals surface area contributed by atoms with Crippen molar-refractivity contribution in [1.82, 2.24) is 4.72 Å². The Morgan fingerprint density at radius 2 is 1.65 bits per heavy atom. The summed E-state index contributed by atoms with van der Waals surface area (Å²) >= 11 is 0. The van der Waals surface area contributed by atoms with Crippen molar-refractivity contribution >= 4 is 15.9 Å². The van der Waals surface area contributed by atoms with E-state index in [2.05, 4.69) is 4.72 Å². The van der Waals surface area contributed by atoms with E-state index in [0.29, 0.717) is 18.4 Å². The van der Waals surface area contributed by atoms with Gasteiger partial charge in [0.25, 0.3) is 0 Å². The molecule has 3 rings (SSSR count). The van der Waals surface area contributed by atoms with E-state index in [9.17, 15) is 13.2 Å². The average Bonchev–Trinajstić information content (AvgIpc) is 3.30. The fourth-order valence-corrected chi connectivity index (χ4v) is 3.89. The second kappa shape index (κ2) is 5.81. The molecule has 4 nitrogen and oxygen atoms in total. The monoisotopic (exact) mass is 329 g/mol. The zero-order valence-electron chi connectivity index (χ0n) is 13.0. The second-order valence-electron chi connectivity index (χ2n) is 6.12. The molecule has 0 bridgehead atoms. The van der Waals surface area contributed by atoms with Gasteiger partial charge in [0.2, 0.25) is 15.9 Å². The van der Waals surface area contributed by atoms with E-state index in [0.717, 1.165) is 11.1 Å². The Bertz CT molecular complexity index is 807. The quantitative estimate of drug-likeness (QED) is 0.917. The van der Waals surface area contributed by atoms with E-state index in [1.807, 2.05) is 37.3 Å². The molecule has 1 aliphatic carbocycles. The summed E-state index contributed by atoms with van der Waals surface area (Å²) in [7, 11) is -3.69. The fourth-order valence-electron chi connectivity index (χ4n) is 2.71. The van der Waals surface area contributed by atoms with Crippen LogP contribution in [0.15, 0.2) is 54.6 Å². The maximum absolute atomic E-state index is 12.5. The third-order valence-corrected chi connectivity index (χ3v) is 5.45. The first-order valence-electron chi connectivity index (χ1n) is 7.57. The van der Waals surface area contributed by atoms with Crippen LogP contribution >= 0.6 is 0 Å². The molecule has 0 heterocycles. The third-order valence-electron chi connectivity index (χ3n) is 4.24. The lowest BCUT2D eigenvalue weighted by Crippen LogP contribution is -2.39. The highest BCUT2D eigenvalue weighted by Gasteiger charge is 2.52. The molecule has 1 aliphatic rings. The van der Waals surface area contributed by atoms with E-state index in [1.165, 1.54) is 0 Å². The SMILES string of the molecule is Cc1ccc(C2(C(=O)NS(=O)(=O)Cc3ccccc3)CC2)cc1. The van der Waals surface area contributed by atoms with Crippen LogP contribution in [0.2, 0.25) is 0 Å². The first-order valence-corrected chi connectivity index (χ1v) is 9.23. The third kappa shape index (κ3) is 3.45. The lowest BCUT2D eigenvalue weighted by atomic mass is 9.95. The molecule has 120 valence electrons. The van der Waals surface area contributed by atoms with Crippen molar-refractivity contribution in [2.45, 2.75) is 30.9 Å². The number of nitrogens with one attached hydrogen (secondary N) is 1. The summed E-state index contributed by atoms with van der Waals surface area (Å²) in [6.45, 7) is 1.98. The molecule has 23 heavy (non-hydrogen) atoms. The van der Waals surface area contributed by atoms with Crippen LogP contribution in [-0.2, 0) is 26.0 Å². The minimum atomic E-state index is -3.69. The first kappa shape index (κ1) is 15.7. The van der Waals surface area contributed by atoms with Gasteiger partial charge in [-0.25, -0.2) is 8.42 Å². The molecule has 1 N–H and O–H groups in total. The molecule has 0 radical (unpaired) electrons. The number of aryl methyl sites for hydroxylation is 1. The Morgan fingerprint density at radius 3 is 2.22 bits per heavy atom. The molecular formula is C18H19NO3S. The van der Waals surface area contributed by atoms with Crippen molar-refractivity contribution in [3.8, 4) is 0 Å². The summed E-state index contributed by atoms with van der Waals surface area (Å²) in [5.41, 5.74) is 1.97. The van der Waals surface area contributed by atoms with Gasteiger partial charge < -0.3 is 0 Å². The fraction of sp³-hybridized carbons (Fsp3) is 0.278. The molecule has 5 heteroatoms. The van der Waals surface area contributed by atoms with Crippen molar-refractivity contribution < 1.29 is 13.2 Å². The van der Waals surface area contributed by atoms with E-state index in [1.54, 1.807) is 24.3 Å². The van der Waals surface area contributed by atoms with Crippen molar-refractivity contribution in [3.63, 3.8) is 0 Å². The van der Waals surface area contributed by atoms with Crippen molar-refractivity contribution in [1.29, 1.82) is 0 Å². The molecule has 2 aromatic carbocycles. The number of hydrogen-bond acceptors (Lipinski definition) is 3. The Kier molecular flexibility index (Phi) is 3.98. The van der Waals surface area contributed by atoms with Crippen LogP contribution in [0.25, 0.3) is 0 Å². The van der Waals surface area contributed by atoms with Gasteiger partial charge in [-0.15, -0.1) is 0 Å². The Labute approximate surface area is 136 Å². The van der Waals surface area contributed by atoms with E-state index in [-0.39, 0.29) is 5.75 Å². The maximum atomic E-state index is 12.5. The molecule has 0 aromatic heterocycles. The molecule has 1 saturated carbocycles. The highest BCUT2D eigenvalue weighted by atomic mass is 32.2. The first-order chi connectivity index (χ1) is 10.9. The van der Waals surface area contributed by atoms with Crippen LogP contribution in [0.4, 0.5) is 0 Å². The number of carbonyl (C=O) groups is 1. The van der Waals surface area contributed by atoms with Gasteiger partial charge in [0.1, 0.15) is 0 Å². The van der Waals surface area contributed by atoms with E-state index >= 15 is 0 Å². The molecule has 0 aliphatic heterocycles. The van der Waals surface area contributed by atoms with Crippen LogP contribution in [0.3, 0.4) is 0 Å². The molecule has 2 aromatic rings. The molecule has 0 spiro atoms. The summed E-state index contributed by atoms with van der Waals surface area (Å²) in [6, 6.07) is 16.6. The zero-order chi connectivity index (χ0) is 16.5. The normalized spacial score (nSPS) is 15.9. The van der Waals surface area contributed by atoms with Gasteiger partial charge in [0.15, 0.2) is 0 Å². The smallest absolute Gasteiger partial charge is 0.244 e. The summed E-state index contributed by atoms with van der Waals surface area (Å²) in [4.78, 5) is 12.5. The lowest BCUT2D eigenvalue weighted by molar-refractivity contribution is -0.121. The van der Waals surface area contributed by atoms with Crippen LogP contribution in [0.5, 0.6) is 0 Å². The maximum Gasteiger partial charge on any atom is 0.244 e. The Hall–Kier alpha value is -2.14. The molecule has 0 atom stereocenters. The van der Waals surface area contributed by atoms with Crippen LogP contribution < -0.4 is 4.72 Å². The molecule has 0 unspecified atom stereocenters. The van der Waals surface area contributed by atoms with Crippen molar-refractivity contribution in [2.24, 2.45) is 0 Å². The second-order valence-corrected chi connectivity index (χ2v) is 7.85. The van der Waals surface area contributed by atoms with Gasteiger partial charge in [-0.05, 0) is 30.9 Å². The number of sulfonamides is 1. The lowest BCUT2D eigenvalue weighted by Gasteiger charge is -2.16. The minimum Gasteiger partial charge on any atom is -0.273 e. The molecule has 0 saturated heterocycles. The Balaban J connectivity index is 1.75. The van der Waals surface area contributed by atoms with Gasteiger partial charge in [-0.1, -0.05) is 60.2 Å². The Morgan fingerprint density at radius 1 is 1.04 bits per heavy atom. The average molecular weight is 329 g/mol. The van der Waals surface area contributed by atoms with Crippen LogP contribution in [0.1, 0.15) is 29.5 Å². The van der Waals surface area contributed by atoms with Gasteiger partial charge in [-0.2, -0.15) is 0 Å². The van der Waals surface area contributed by atoms with Crippen LogP contribution in [0, 0.1) is 6.92 Å². The van der Waals surface area contributed by atoms with Crippen molar-refractivity contribution in [2.75, 3.05) is 0 Å². The van der Waals surface area contributed by atoms with Gasteiger partial charge in [0.05, 0.1) is 11.2 Å². The van der Waals surface area contributed by atoms with Gasteiger partial charge in [0, 0.05) is 0 Å². The zero-order valence-corrected chi connectivity index (χ0v) is 13.8. The molecule has 1 amide bonds. The number of hydrogen-bond donors (Lipinski definition) is 1. The van der Waals surface area contributed by atoms with E-state index < -0.39 is 21.3 Å². The largest absolute Gasteiger partial charge is 0.273 e. The number of amides is 1. The standard InChI is InChI=1S/C18H19NO3S/c1-14-7-9-16(10-8-14)18(11-12-18)17(20)19-23(21,22)13-15-5-3-2-4-6-15/h2-10H,11-13H2,1H3,(H,19,20). The predicted molar refractivity (Wildman–Crippen MR) is 89.3 cm³/mol. The molecular weight excluding hydrogens is 310 g/mol. The summed E-state index contributed by atoms with van der Waals surface area (Å²) in [5.74, 6) is -0.610. The highest BCUT2D eigenvalue weighted by Crippen LogP contribution is 2.48. The number of benzene rings is 2. The topological polar surface area (TPSA) is 63.2 Å². The van der Waals surface area contributed by atoms with Gasteiger partial charge in [-0.3, -0.25) is 9.52 Å². The molecule has 1 fully saturated rings. The number of carbonyl (C=O) groups excluding carboxylic acids is 1. The minimum absolute atomic E-state index is 0.191. The van der Waals surface area contributed by atoms with Crippen LogP contribution in [-0.4, -0.2) is 14.3 Å². The van der Waals surface area contributed by atoms with E-state index in [4.69, 9.17) is 0 Å². The highest BCUT2D eigenvalue weighted by molar-refractivity contribution is 7.89. The number of rotatable bonds is 5. The summed E-state index contributed by atoms with van der Waals surface area (Å²) < 4.78 is 26.7. The van der Waals surface area contributed by atoms with Crippen molar-refractivity contribution in [3.05, 3.63) is 71.3 Å². The predicted octanol–water partition coefficient (Wildman–Crippen LogP) is 2.67. The summed E-state index contributed by atoms with van der Waals surface area (Å²) in [5, 5.41) is 0. The van der Waals surface area contributed by atoms with Gasteiger partial charge >= 0.3 is 0 Å².